The number of aryl methyl sites for hydroxylation is 2. The fraction of sp³-hybridized carbons (Fsp3) is 0.435. The van der Waals surface area contributed by atoms with Gasteiger partial charge in [-0.25, -0.2) is 0 Å². The first-order valence-electron chi connectivity index (χ1n) is 9.40. The Morgan fingerprint density at radius 2 is 1.38 bits per heavy atom. The molecule has 2 aromatic carbocycles. The van der Waals surface area contributed by atoms with Gasteiger partial charge in [-0.1, -0.05) is 75.9 Å². The maximum Gasteiger partial charge on any atom is 0.0994 e. The van der Waals surface area contributed by atoms with Crippen LogP contribution in [0.2, 0.25) is 0 Å². The highest BCUT2D eigenvalue weighted by atomic mass is 14.2. The van der Waals surface area contributed by atoms with E-state index in [0.29, 0.717) is 0 Å². The van der Waals surface area contributed by atoms with Crippen LogP contribution in [-0.4, -0.2) is 0 Å². The molecule has 0 saturated carbocycles. The van der Waals surface area contributed by atoms with Gasteiger partial charge in [0.1, 0.15) is 0 Å². The Bertz CT molecular complexity index is 661. The molecule has 0 fully saturated rings. The summed E-state index contributed by atoms with van der Waals surface area (Å²) in [4.78, 5) is 0. The van der Waals surface area contributed by atoms with E-state index in [0.717, 1.165) is 30.4 Å². The van der Waals surface area contributed by atoms with Crippen molar-refractivity contribution in [1.82, 2.24) is 0 Å². The van der Waals surface area contributed by atoms with Gasteiger partial charge in [-0.3, -0.25) is 0 Å². The zero-order valence-corrected chi connectivity index (χ0v) is 15.1. The predicted octanol–water partition coefficient (Wildman–Crippen LogP) is 6.69. The van der Waals surface area contributed by atoms with Crippen molar-refractivity contribution < 1.29 is 0 Å². The van der Waals surface area contributed by atoms with Crippen LogP contribution in [-0.2, 0) is 12.8 Å². The molecule has 2 aromatic rings. The van der Waals surface area contributed by atoms with E-state index in [4.69, 9.17) is 0 Å². The molecule has 0 aliphatic rings. The van der Waals surface area contributed by atoms with Crippen molar-refractivity contribution in [3.05, 3.63) is 59.2 Å². The summed E-state index contributed by atoms with van der Waals surface area (Å²) in [5.74, 6) is 0. The lowest BCUT2D eigenvalue weighted by Crippen LogP contribution is -1.92. The first-order valence-corrected chi connectivity index (χ1v) is 9.40. The lowest BCUT2D eigenvalue weighted by molar-refractivity contribution is 0.716. The van der Waals surface area contributed by atoms with Gasteiger partial charge in [-0.15, -0.1) is 0 Å². The summed E-state index contributed by atoms with van der Waals surface area (Å²) in [5, 5.41) is 9.46. The number of hydrogen-bond acceptors (Lipinski definition) is 1. The van der Waals surface area contributed by atoms with E-state index in [-0.39, 0.29) is 0 Å². The summed E-state index contributed by atoms with van der Waals surface area (Å²) < 4.78 is 0. The lowest BCUT2D eigenvalue weighted by Gasteiger charge is -2.08. The van der Waals surface area contributed by atoms with Gasteiger partial charge >= 0.3 is 0 Å². The topological polar surface area (TPSA) is 23.8 Å². The smallest absolute Gasteiger partial charge is 0.0994 e. The van der Waals surface area contributed by atoms with E-state index in [1.54, 1.807) is 0 Å². The van der Waals surface area contributed by atoms with Crippen molar-refractivity contribution in [2.45, 2.75) is 65.2 Å². The zero-order chi connectivity index (χ0) is 17.2. The van der Waals surface area contributed by atoms with Crippen molar-refractivity contribution in [2.75, 3.05) is 0 Å². The van der Waals surface area contributed by atoms with Gasteiger partial charge in [-0.2, -0.15) is 5.26 Å². The number of hydrogen-bond donors (Lipinski definition) is 0. The van der Waals surface area contributed by atoms with Crippen LogP contribution in [0.1, 0.15) is 69.1 Å². The molecule has 0 atom stereocenters. The Morgan fingerprint density at radius 3 is 2.00 bits per heavy atom. The number of unbranched alkanes of at least 4 members (excludes halogenated alkanes) is 4. The molecule has 0 spiro atoms. The summed E-state index contributed by atoms with van der Waals surface area (Å²) in [5.41, 5.74) is 5.77. The minimum absolute atomic E-state index is 0.829. The standard InChI is InChI=1S/C23H29N/c1-3-5-7-9-19-11-13-21(14-12-19)22-16-15-20(10-8-6-4-2)23(17-22)18-24/h11-17H,3-10H2,1-2H3. The van der Waals surface area contributed by atoms with E-state index in [2.05, 4.69) is 56.3 Å². The molecule has 0 radical (unpaired) electrons. The average molecular weight is 319 g/mol. The molecule has 126 valence electrons. The Labute approximate surface area is 147 Å². The third-order valence-corrected chi connectivity index (χ3v) is 4.64. The van der Waals surface area contributed by atoms with Crippen molar-refractivity contribution in [3.63, 3.8) is 0 Å². The molecule has 0 N–H and O–H groups in total. The molecule has 0 bridgehead atoms. The van der Waals surface area contributed by atoms with Gasteiger partial charge in [0.05, 0.1) is 11.6 Å². The number of benzene rings is 2. The second-order valence-electron chi connectivity index (χ2n) is 6.59. The number of nitriles is 1. The minimum Gasteiger partial charge on any atom is -0.192 e. The molecule has 0 heterocycles. The molecule has 0 aromatic heterocycles. The van der Waals surface area contributed by atoms with Crippen molar-refractivity contribution in [2.24, 2.45) is 0 Å². The summed E-state index contributed by atoms with van der Waals surface area (Å²) in [6.45, 7) is 4.45. The Hall–Kier alpha value is -2.07. The van der Waals surface area contributed by atoms with Crippen LogP contribution in [0.15, 0.2) is 42.5 Å². The molecule has 24 heavy (non-hydrogen) atoms. The van der Waals surface area contributed by atoms with Crippen LogP contribution in [0.3, 0.4) is 0 Å². The van der Waals surface area contributed by atoms with Gasteiger partial charge in [0, 0.05) is 0 Å². The maximum absolute atomic E-state index is 9.46. The van der Waals surface area contributed by atoms with Crippen LogP contribution in [0, 0.1) is 11.3 Å². The Balaban J connectivity index is 2.09. The lowest BCUT2D eigenvalue weighted by atomic mass is 9.95. The molecule has 0 amide bonds. The summed E-state index contributed by atoms with van der Waals surface area (Å²) >= 11 is 0. The predicted molar refractivity (Wildman–Crippen MR) is 103 cm³/mol. The monoisotopic (exact) mass is 319 g/mol. The SMILES string of the molecule is CCCCCc1ccc(-c2ccc(CCCCC)c(C#N)c2)cc1. The first-order chi connectivity index (χ1) is 11.8. The normalized spacial score (nSPS) is 10.5. The molecule has 0 saturated heterocycles. The van der Waals surface area contributed by atoms with Crippen LogP contribution >= 0.6 is 0 Å². The van der Waals surface area contributed by atoms with E-state index in [9.17, 15) is 5.26 Å². The molecule has 2 rings (SSSR count). The van der Waals surface area contributed by atoms with E-state index in [1.807, 2.05) is 6.07 Å². The highest BCUT2D eigenvalue weighted by Gasteiger charge is 2.05. The van der Waals surface area contributed by atoms with Crippen molar-refractivity contribution in [3.8, 4) is 17.2 Å². The summed E-state index contributed by atoms with van der Waals surface area (Å²) in [6.07, 6.45) is 9.60. The largest absolute Gasteiger partial charge is 0.192 e. The van der Waals surface area contributed by atoms with Crippen molar-refractivity contribution >= 4 is 0 Å². The highest BCUT2D eigenvalue weighted by molar-refractivity contribution is 5.66. The molecular weight excluding hydrogens is 290 g/mol. The van der Waals surface area contributed by atoms with E-state index in [1.165, 1.54) is 48.8 Å². The third-order valence-electron chi connectivity index (χ3n) is 4.64. The summed E-state index contributed by atoms with van der Waals surface area (Å²) in [6, 6.07) is 17.6. The fourth-order valence-electron chi connectivity index (χ4n) is 3.09. The molecule has 0 unspecified atom stereocenters. The third kappa shape index (κ3) is 5.24. The quantitative estimate of drug-likeness (QED) is 0.472. The molecule has 0 aliphatic heterocycles. The van der Waals surface area contributed by atoms with Crippen molar-refractivity contribution in [1.29, 1.82) is 5.26 Å². The van der Waals surface area contributed by atoms with E-state index >= 15 is 0 Å². The molecule has 0 aliphatic carbocycles. The van der Waals surface area contributed by atoms with E-state index < -0.39 is 0 Å². The van der Waals surface area contributed by atoms with Crippen LogP contribution in [0.4, 0.5) is 0 Å². The second kappa shape index (κ2) is 9.93. The van der Waals surface area contributed by atoms with Gasteiger partial charge in [0.25, 0.3) is 0 Å². The van der Waals surface area contributed by atoms with Gasteiger partial charge in [0.2, 0.25) is 0 Å². The maximum atomic E-state index is 9.46. The Morgan fingerprint density at radius 1 is 0.750 bits per heavy atom. The summed E-state index contributed by atoms with van der Waals surface area (Å²) in [7, 11) is 0. The number of rotatable bonds is 9. The van der Waals surface area contributed by atoms with Gasteiger partial charge in [-0.05, 0) is 54.0 Å². The first kappa shape index (κ1) is 18.3. The highest BCUT2D eigenvalue weighted by Crippen LogP contribution is 2.24. The second-order valence-corrected chi connectivity index (χ2v) is 6.59. The fourth-order valence-corrected chi connectivity index (χ4v) is 3.09. The van der Waals surface area contributed by atoms with Gasteiger partial charge < -0.3 is 0 Å². The average Bonchev–Trinajstić information content (AvgIpc) is 2.63. The zero-order valence-electron chi connectivity index (χ0n) is 15.1. The molecular formula is C23H29N. The molecule has 1 heteroatoms. The van der Waals surface area contributed by atoms with Crippen LogP contribution in [0.5, 0.6) is 0 Å². The minimum atomic E-state index is 0.829. The molecule has 1 nitrogen and oxygen atoms in total. The van der Waals surface area contributed by atoms with Crippen LogP contribution in [0.25, 0.3) is 11.1 Å². The van der Waals surface area contributed by atoms with Gasteiger partial charge in [0.15, 0.2) is 0 Å². The van der Waals surface area contributed by atoms with Crippen LogP contribution < -0.4 is 0 Å². The number of nitrogens with zero attached hydrogens (tertiary/aromatic N) is 1. The Kier molecular flexibility index (Phi) is 7.56.